The minimum atomic E-state index is -1.09. The van der Waals surface area contributed by atoms with Crippen molar-refractivity contribution in [2.45, 2.75) is 33.6 Å². The molecule has 0 aromatic heterocycles. The van der Waals surface area contributed by atoms with Crippen LogP contribution in [0.2, 0.25) is 5.02 Å². The largest absolute Gasteiger partial charge is 0.478 e. The van der Waals surface area contributed by atoms with E-state index < -0.39 is 11.9 Å². The number of hydrogen-bond donors (Lipinski definition) is 2. The molecule has 4 nitrogen and oxygen atoms in total. The van der Waals surface area contributed by atoms with Crippen molar-refractivity contribution in [1.82, 2.24) is 0 Å². The van der Waals surface area contributed by atoms with Gasteiger partial charge in [0.2, 0.25) is 0 Å². The fourth-order valence-electron chi connectivity index (χ4n) is 2.50. The summed E-state index contributed by atoms with van der Waals surface area (Å²) in [6, 6.07) is 12.3. The summed E-state index contributed by atoms with van der Waals surface area (Å²) in [5.41, 5.74) is 1.82. The predicted molar refractivity (Wildman–Crippen MR) is 99.7 cm³/mol. The summed E-state index contributed by atoms with van der Waals surface area (Å²) < 4.78 is 0. The molecule has 0 bridgehead atoms. The minimum absolute atomic E-state index is 0.0624. The molecule has 0 spiro atoms. The Morgan fingerprint density at radius 3 is 1.92 bits per heavy atom. The highest BCUT2D eigenvalue weighted by Gasteiger charge is 2.15. The SMILES string of the molecule is CC(C)Cc1cccc(Cl)c1.CCc1c(C(=O)O)cccc1C(=O)O. The third-order valence-corrected chi connectivity index (χ3v) is 3.76. The lowest BCUT2D eigenvalue weighted by molar-refractivity contribution is 0.0695. The Labute approximate surface area is 153 Å². The number of carbonyl (C=O) groups is 2. The van der Waals surface area contributed by atoms with E-state index in [0.717, 1.165) is 11.4 Å². The zero-order valence-electron chi connectivity index (χ0n) is 14.6. The average Bonchev–Trinajstić information content (AvgIpc) is 2.53. The first kappa shape index (κ1) is 20.7. The number of halogens is 1. The van der Waals surface area contributed by atoms with Crippen LogP contribution in [0.25, 0.3) is 0 Å². The molecular weight excluding hydrogens is 340 g/mol. The van der Waals surface area contributed by atoms with Crippen LogP contribution in [0.5, 0.6) is 0 Å². The number of benzene rings is 2. The van der Waals surface area contributed by atoms with Crippen molar-refractivity contribution in [3.63, 3.8) is 0 Å². The molecule has 2 aromatic rings. The summed E-state index contributed by atoms with van der Waals surface area (Å²) in [7, 11) is 0. The molecule has 5 heteroatoms. The second-order valence-electron chi connectivity index (χ2n) is 6.02. The van der Waals surface area contributed by atoms with E-state index in [-0.39, 0.29) is 11.1 Å². The summed E-state index contributed by atoms with van der Waals surface area (Å²) in [6.45, 7) is 6.15. The van der Waals surface area contributed by atoms with Crippen LogP contribution in [-0.2, 0) is 12.8 Å². The lowest BCUT2D eigenvalue weighted by atomic mass is 9.99. The van der Waals surface area contributed by atoms with Gasteiger partial charge in [0, 0.05) is 5.02 Å². The summed E-state index contributed by atoms with van der Waals surface area (Å²) in [6.07, 6.45) is 1.50. The van der Waals surface area contributed by atoms with Crippen LogP contribution < -0.4 is 0 Å². The van der Waals surface area contributed by atoms with Crippen LogP contribution in [0.4, 0.5) is 0 Å². The molecule has 0 heterocycles. The number of carboxylic acids is 2. The molecule has 0 saturated carbocycles. The fraction of sp³-hybridized carbons (Fsp3) is 0.300. The van der Waals surface area contributed by atoms with Crippen LogP contribution >= 0.6 is 11.6 Å². The Morgan fingerprint density at radius 1 is 1.00 bits per heavy atom. The highest BCUT2D eigenvalue weighted by Crippen LogP contribution is 2.16. The van der Waals surface area contributed by atoms with Gasteiger partial charge in [-0.05, 0) is 54.2 Å². The summed E-state index contributed by atoms with van der Waals surface area (Å²) >= 11 is 5.83. The molecule has 2 aromatic carbocycles. The average molecular weight is 363 g/mol. The highest BCUT2D eigenvalue weighted by molar-refractivity contribution is 6.30. The quantitative estimate of drug-likeness (QED) is 0.768. The van der Waals surface area contributed by atoms with Crippen LogP contribution in [0.3, 0.4) is 0 Å². The van der Waals surface area contributed by atoms with Crippen molar-refractivity contribution in [3.05, 3.63) is 69.7 Å². The zero-order chi connectivity index (χ0) is 19.0. The molecule has 2 N–H and O–H groups in total. The summed E-state index contributed by atoms with van der Waals surface area (Å²) in [5, 5.41) is 18.5. The number of hydrogen-bond acceptors (Lipinski definition) is 2. The molecule has 0 aliphatic heterocycles. The van der Waals surface area contributed by atoms with E-state index in [1.165, 1.54) is 23.8 Å². The van der Waals surface area contributed by atoms with Crippen LogP contribution in [0.1, 0.15) is 52.6 Å². The molecule has 0 radical (unpaired) electrons. The van der Waals surface area contributed by atoms with Gasteiger partial charge in [-0.15, -0.1) is 0 Å². The fourth-order valence-corrected chi connectivity index (χ4v) is 2.72. The van der Waals surface area contributed by atoms with Gasteiger partial charge in [0.25, 0.3) is 0 Å². The van der Waals surface area contributed by atoms with Gasteiger partial charge >= 0.3 is 11.9 Å². The van der Waals surface area contributed by atoms with Gasteiger partial charge in [-0.1, -0.05) is 50.6 Å². The Bertz CT molecular complexity index is 706. The predicted octanol–water partition coefficient (Wildman–Crippen LogP) is 5.18. The van der Waals surface area contributed by atoms with Crippen molar-refractivity contribution in [3.8, 4) is 0 Å². The topological polar surface area (TPSA) is 74.6 Å². The van der Waals surface area contributed by atoms with E-state index in [4.69, 9.17) is 21.8 Å². The summed E-state index contributed by atoms with van der Waals surface area (Å²) in [4.78, 5) is 21.5. The van der Waals surface area contributed by atoms with Crippen LogP contribution in [-0.4, -0.2) is 22.2 Å². The Kier molecular flexibility index (Phi) is 8.16. The van der Waals surface area contributed by atoms with E-state index in [0.29, 0.717) is 17.9 Å². The first-order valence-corrected chi connectivity index (χ1v) is 8.46. The molecule has 0 aliphatic carbocycles. The molecule has 0 aliphatic rings. The maximum Gasteiger partial charge on any atom is 0.335 e. The lowest BCUT2D eigenvalue weighted by Crippen LogP contribution is -2.08. The lowest BCUT2D eigenvalue weighted by Gasteiger charge is -2.06. The monoisotopic (exact) mass is 362 g/mol. The van der Waals surface area contributed by atoms with Crippen molar-refractivity contribution < 1.29 is 19.8 Å². The molecule has 0 unspecified atom stereocenters. The zero-order valence-corrected chi connectivity index (χ0v) is 15.4. The molecular formula is C20H23ClO4. The van der Waals surface area contributed by atoms with Gasteiger partial charge in [-0.3, -0.25) is 0 Å². The van der Waals surface area contributed by atoms with Gasteiger partial charge in [0.15, 0.2) is 0 Å². The number of rotatable bonds is 5. The van der Waals surface area contributed by atoms with Gasteiger partial charge < -0.3 is 10.2 Å². The van der Waals surface area contributed by atoms with Crippen molar-refractivity contribution in [2.75, 3.05) is 0 Å². The van der Waals surface area contributed by atoms with Gasteiger partial charge in [-0.25, -0.2) is 9.59 Å². The number of aromatic carboxylic acids is 2. The van der Waals surface area contributed by atoms with Crippen LogP contribution in [0, 0.1) is 5.92 Å². The van der Waals surface area contributed by atoms with Gasteiger partial charge in [0.1, 0.15) is 0 Å². The second-order valence-corrected chi connectivity index (χ2v) is 6.46. The molecule has 134 valence electrons. The minimum Gasteiger partial charge on any atom is -0.478 e. The van der Waals surface area contributed by atoms with Crippen LogP contribution in [0.15, 0.2) is 42.5 Å². The molecule has 0 amide bonds. The smallest absolute Gasteiger partial charge is 0.335 e. The Balaban J connectivity index is 0.000000257. The van der Waals surface area contributed by atoms with E-state index in [2.05, 4.69) is 19.9 Å². The van der Waals surface area contributed by atoms with Gasteiger partial charge in [0.05, 0.1) is 11.1 Å². The second kappa shape index (κ2) is 9.84. The van der Waals surface area contributed by atoms with E-state index in [1.54, 1.807) is 6.92 Å². The third kappa shape index (κ3) is 6.59. The summed E-state index contributed by atoms with van der Waals surface area (Å²) in [5.74, 6) is -1.48. The van der Waals surface area contributed by atoms with Crippen molar-refractivity contribution in [2.24, 2.45) is 5.92 Å². The molecule has 0 saturated heterocycles. The highest BCUT2D eigenvalue weighted by atomic mass is 35.5. The normalized spacial score (nSPS) is 10.1. The Hall–Kier alpha value is -2.33. The first-order chi connectivity index (χ1) is 11.8. The molecule has 0 fully saturated rings. The third-order valence-electron chi connectivity index (χ3n) is 3.52. The molecule has 0 atom stereocenters. The molecule has 2 rings (SSSR count). The maximum absolute atomic E-state index is 10.8. The van der Waals surface area contributed by atoms with Crippen molar-refractivity contribution >= 4 is 23.5 Å². The van der Waals surface area contributed by atoms with E-state index in [9.17, 15) is 9.59 Å². The first-order valence-electron chi connectivity index (χ1n) is 8.09. The van der Waals surface area contributed by atoms with E-state index in [1.807, 2.05) is 18.2 Å². The molecule has 25 heavy (non-hydrogen) atoms. The van der Waals surface area contributed by atoms with Crippen molar-refractivity contribution in [1.29, 1.82) is 0 Å². The van der Waals surface area contributed by atoms with Gasteiger partial charge in [-0.2, -0.15) is 0 Å². The maximum atomic E-state index is 10.8. The van der Waals surface area contributed by atoms with E-state index >= 15 is 0 Å². The standard InChI is InChI=1S/C10H13Cl.C10H10O4/c1-8(2)6-9-4-3-5-10(11)7-9;1-2-6-7(9(11)12)4-3-5-8(6)10(13)14/h3-5,7-8H,6H2,1-2H3;3-5H,2H2,1H3,(H,11,12)(H,13,14). The Morgan fingerprint density at radius 2 is 1.52 bits per heavy atom. The number of carboxylic acid groups (broad SMARTS) is 2.